The molecule has 0 saturated carbocycles. The van der Waals surface area contributed by atoms with E-state index in [9.17, 15) is 69.5 Å². The smallest absolute Gasteiger partial charge is 0.454 e. The van der Waals surface area contributed by atoms with E-state index < -0.39 is 103 Å². The molecule has 0 radical (unpaired) electrons. The van der Waals surface area contributed by atoms with E-state index in [0.717, 1.165) is 5.32 Å². The molecule has 1 aliphatic rings. The third-order valence-electron chi connectivity index (χ3n) is 4.54. The van der Waals surface area contributed by atoms with Crippen LogP contribution in [-0.2, 0) is 52.5 Å². The normalized spacial score (nSPS) is 24.2. The number of aliphatic hydroxyl groups excluding tert-OH is 2. The standard InChI is InChI=1S/C14H16F6N3O17P3/c15-13(16,17)10(26)21-8-4(2-36-11(27)14(18,19)20)1-23(12(28)22-8)9-7(25)6(24)5(38-9)3-37-42(32,33)40-43(34,35)39-41(29,30)31/h1,5-7,9,24-25H,2-3H2,(H,32,33)(H,34,35)(H2,29,30,31)(H,21,22,26,28). The second-order valence-electron chi connectivity index (χ2n) is 7.76. The predicted molar refractivity (Wildman–Crippen MR) is 115 cm³/mol. The molecule has 0 spiro atoms. The van der Waals surface area contributed by atoms with Gasteiger partial charge in [-0.1, -0.05) is 0 Å². The van der Waals surface area contributed by atoms with Gasteiger partial charge in [-0.25, -0.2) is 23.3 Å². The lowest BCUT2D eigenvalue weighted by atomic mass is 10.1. The van der Waals surface area contributed by atoms with Crippen molar-refractivity contribution in [2.24, 2.45) is 0 Å². The number of hydrogen-bond acceptors (Lipinski definition) is 14. The van der Waals surface area contributed by atoms with Crippen LogP contribution in [0.1, 0.15) is 11.8 Å². The van der Waals surface area contributed by atoms with Gasteiger partial charge in [0.2, 0.25) is 0 Å². The fraction of sp³-hybridized carbons (Fsp3) is 0.571. The quantitative estimate of drug-likeness (QED) is 0.0851. The zero-order valence-corrected chi connectivity index (χ0v) is 22.7. The number of phosphoric acid groups is 3. The molecule has 1 amide bonds. The summed E-state index contributed by atoms with van der Waals surface area (Å²) in [5.74, 6) is -6.98. The van der Waals surface area contributed by atoms with Crippen molar-refractivity contribution in [3.05, 3.63) is 22.2 Å². The number of carbonyl (C=O) groups is 2. The maximum atomic E-state index is 12.7. The number of aromatic nitrogens is 2. The number of hydrogen-bond donors (Lipinski definition) is 7. The molecule has 1 aromatic heterocycles. The predicted octanol–water partition coefficient (Wildman–Crippen LogP) is -0.688. The molecular formula is C14H16F6N3O17P3. The topological polar surface area (TPSA) is 300 Å². The number of rotatable bonds is 11. The first-order valence-corrected chi connectivity index (χ1v) is 14.8. The highest BCUT2D eigenvalue weighted by molar-refractivity contribution is 7.66. The number of halogens is 6. The first-order chi connectivity index (χ1) is 19.2. The van der Waals surface area contributed by atoms with Gasteiger partial charge in [-0.2, -0.15) is 39.9 Å². The Bertz CT molecular complexity index is 1430. The van der Waals surface area contributed by atoms with Crippen LogP contribution in [0.3, 0.4) is 0 Å². The van der Waals surface area contributed by atoms with Crippen LogP contribution in [0.25, 0.3) is 0 Å². The number of alkyl halides is 6. The van der Waals surface area contributed by atoms with Gasteiger partial charge < -0.3 is 44.6 Å². The number of esters is 1. The summed E-state index contributed by atoms with van der Waals surface area (Å²) in [6.07, 6.45) is -19.5. The van der Waals surface area contributed by atoms with Crippen LogP contribution < -0.4 is 11.0 Å². The molecule has 1 saturated heterocycles. The Morgan fingerprint density at radius 3 is 2.07 bits per heavy atom. The molecule has 43 heavy (non-hydrogen) atoms. The van der Waals surface area contributed by atoms with Crippen molar-refractivity contribution in [1.29, 1.82) is 0 Å². The number of nitrogens with zero attached hydrogens (tertiary/aromatic N) is 2. The minimum absolute atomic E-state index is 0.124. The summed E-state index contributed by atoms with van der Waals surface area (Å²) in [5, 5.41) is 21.5. The van der Waals surface area contributed by atoms with Gasteiger partial charge >= 0.3 is 53.4 Å². The molecule has 20 nitrogen and oxygen atoms in total. The molecule has 2 heterocycles. The van der Waals surface area contributed by atoms with Crippen LogP contribution >= 0.6 is 23.5 Å². The molecule has 2 rings (SSSR count). The van der Waals surface area contributed by atoms with E-state index in [1.807, 2.05) is 0 Å². The van der Waals surface area contributed by atoms with Gasteiger partial charge in [0.25, 0.3) is 0 Å². The average Bonchev–Trinajstić information content (AvgIpc) is 3.07. The van der Waals surface area contributed by atoms with Crippen molar-refractivity contribution in [3.8, 4) is 0 Å². The first-order valence-electron chi connectivity index (χ1n) is 10.3. The highest BCUT2D eigenvalue weighted by atomic mass is 31.3. The highest BCUT2D eigenvalue weighted by Crippen LogP contribution is 2.66. The number of nitrogens with one attached hydrogen (secondary N) is 1. The Morgan fingerprint density at radius 2 is 1.56 bits per heavy atom. The molecule has 1 aliphatic heterocycles. The van der Waals surface area contributed by atoms with Gasteiger partial charge in [0.05, 0.1) is 6.61 Å². The van der Waals surface area contributed by atoms with Crippen LogP contribution in [0.5, 0.6) is 0 Å². The van der Waals surface area contributed by atoms with Crippen LogP contribution in [0, 0.1) is 0 Å². The minimum Gasteiger partial charge on any atom is -0.454 e. The van der Waals surface area contributed by atoms with Crippen LogP contribution in [0.15, 0.2) is 11.0 Å². The van der Waals surface area contributed by atoms with Crippen molar-refractivity contribution in [1.82, 2.24) is 9.55 Å². The van der Waals surface area contributed by atoms with Crippen molar-refractivity contribution in [3.63, 3.8) is 0 Å². The average molecular weight is 705 g/mol. The summed E-state index contributed by atoms with van der Waals surface area (Å²) in [6.45, 7) is -2.96. The van der Waals surface area contributed by atoms with E-state index in [1.54, 1.807) is 0 Å². The lowest BCUT2D eigenvalue weighted by Gasteiger charge is -2.20. The molecule has 246 valence electrons. The Kier molecular flexibility index (Phi) is 11.1. The van der Waals surface area contributed by atoms with E-state index in [4.69, 9.17) is 19.4 Å². The maximum Gasteiger partial charge on any atom is 0.490 e. The summed E-state index contributed by atoms with van der Waals surface area (Å²) in [7, 11) is -17.5. The monoisotopic (exact) mass is 705 g/mol. The Balaban J connectivity index is 2.32. The zero-order chi connectivity index (χ0) is 33.3. The molecule has 1 aromatic rings. The second kappa shape index (κ2) is 13.0. The molecular weight excluding hydrogens is 689 g/mol. The van der Waals surface area contributed by atoms with Gasteiger partial charge in [0, 0.05) is 11.8 Å². The van der Waals surface area contributed by atoms with Gasteiger partial charge in [-0.05, 0) is 0 Å². The van der Waals surface area contributed by atoms with Crippen molar-refractivity contribution in [2.45, 2.75) is 43.5 Å². The summed E-state index contributed by atoms with van der Waals surface area (Å²) < 4.78 is 129. The van der Waals surface area contributed by atoms with Crippen LogP contribution in [0.4, 0.5) is 32.2 Å². The fourth-order valence-electron chi connectivity index (χ4n) is 2.88. The largest absolute Gasteiger partial charge is 0.490 e. The highest BCUT2D eigenvalue weighted by Gasteiger charge is 2.47. The Labute approximate surface area is 231 Å². The minimum atomic E-state index is -5.96. The number of amides is 1. The van der Waals surface area contributed by atoms with Gasteiger partial charge in [0.1, 0.15) is 30.7 Å². The lowest BCUT2D eigenvalue weighted by Crippen LogP contribution is -2.37. The Hall–Kier alpha value is -2.31. The van der Waals surface area contributed by atoms with E-state index in [0.29, 0.717) is 6.20 Å². The van der Waals surface area contributed by atoms with Gasteiger partial charge in [0.15, 0.2) is 6.23 Å². The summed E-state index contributed by atoms with van der Waals surface area (Å²) >= 11 is 0. The molecule has 29 heteroatoms. The first kappa shape index (κ1) is 36.9. The van der Waals surface area contributed by atoms with Crippen molar-refractivity contribution < 1.29 is 102 Å². The number of phosphoric ester groups is 1. The second-order valence-corrected chi connectivity index (χ2v) is 12.2. The number of anilines is 1. The summed E-state index contributed by atoms with van der Waals surface area (Å²) in [5.41, 5.74) is -2.72. The summed E-state index contributed by atoms with van der Waals surface area (Å²) in [4.78, 5) is 73.3. The molecule has 0 aliphatic carbocycles. The van der Waals surface area contributed by atoms with Crippen LogP contribution in [-0.4, -0.2) is 88.5 Å². The lowest BCUT2D eigenvalue weighted by molar-refractivity contribution is -0.201. The van der Waals surface area contributed by atoms with E-state index in [1.165, 1.54) is 0 Å². The zero-order valence-electron chi connectivity index (χ0n) is 20.0. The fourth-order valence-corrected chi connectivity index (χ4v) is 5.91. The van der Waals surface area contributed by atoms with Gasteiger partial charge in [-0.3, -0.25) is 13.9 Å². The van der Waals surface area contributed by atoms with Crippen molar-refractivity contribution >= 4 is 41.2 Å². The molecule has 7 N–H and O–H groups in total. The summed E-state index contributed by atoms with van der Waals surface area (Å²) in [6, 6.07) is 0. The molecule has 6 unspecified atom stereocenters. The van der Waals surface area contributed by atoms with Gasteiger partial charge in [-0.15, -0.1) is 0 Å². The maximum absolute atomic E-state index is 12.7. The number of carbonyl (C=O) groups excluding carboxylic acids is 2. The van der Waals surface area contributed by atoms with Crippen molar-refractivity contribution in [2.75, 3.05) is 11.9 Å². The SMILES string of the molecule is O=C(Nc1nc(=O)n(C2OC(COP(=O)(O)OP(=O)(O)OP(=O)(O)O)C(O)C2O)cc1COC(=O)C(F)(F)F)C(F)(F)F. The third-order valence-corrected chi connectivity index (χ3v) is 8.34. The Morgan fingerprint density at radius 1 is 0.977 bits per heavy atom. The number of ether oxygens (including phenoxy) is 2. The number of aliphatic hydroxyl groups is 2. The van der Waals surface area contributed by atoms with Crippen LogP contribution in [0.2, 0.25) is 0 Å². The van der Waals surface area contributed by atoms with E-state index in [-0.39, 0.29) is 4.57 Å². The molecule has 1 fully saturated rings. The molecule has 0 aromatic carbocycles. The van der Waals surface area contributed by atoms with E-state index in [2.05, 4.69) is 22.9 Å². The van der Waals surface area contributed by atoms with E-state index >= 15 is 0 Å². The molecule has 6 atom stereocenters. The third kappa shape index (κ3) is 10.7. The molecule has 0 bridgehead atoms.